The summed E-state index contributed by atoms with van der Waals surface area (Å²) < 4.78 is 33.3. The minimum Gasteiger partial charge on any atom is -0.449 e. The van der Waals surface area contributed by atoms with Crippen molar-refractivity contribution in [2.24, 2.45) is 0 Å². The van der Waals surface area contributed by atoms with Gasteiger partial charge in [-0.15, -0.1) is 0 Å². The quantitative estimate of drug-likeness (QED) is 0.132. The molecule has 2 atom stereocenters. The second-order valence-electron chi connectivity index (χ2n) is 8.68. The van der Waals surface area contributed by atoms with Gasteiger partial charge in [-0.25, -0.2) is 9.59 Å². The Labute approximate surface area is 202 Å². The van der Waals surface area contributed by atoms with Gasteiger partial charge in [-0.1, -0.05) is 32.9 Å². The maximum Gasteiger partial charge on any atom is 0.511 e. The van der Waals surface area contributed by atoms with Crippen LogP contribution in [0.2, 0.25) is 6.04 Å². The van der Waals surface area contributed by atoms with Crippen molar-refractivity contribution in [3.8, 4) is 5.75 Å². The van der Waals surface area contributed by atoms with E-state index >= 15 is 0 Å². The van der Waals surface area contributed by atoms with Crippen molar-refractivity contribution in [1.29, 1.82) is 0 Å². The van der Waals surface area contributed by atoms with Gasteiger partial charge in [0.05, 0.1) is 0 Å². The molecule has 1 aromatic carbocycles. The number of carboxylic acid groups (broad SMARTS) is 1. The molecule has 2 unspecified atom stereocenters. The van der Waals surface area contributed by atoms with Crippen molar-refractivity contribution in [3.05, 3.63) is 29.3 Å². The number of carbonyl (C=O) groups excluding carboxylic acids is 1. The van der Waals surface area contributed by atoms with Crippen molar-refractivity contribution < 1.29 is 42.2 Å². The molecule has 0 saturated carbocycles. The highest BCUT2D eigenvalue weighted by molar-refractivity contribution is 6.60. The number of nitrogens with one attached hydrogen (secondary N) is 1. The Bertz CT molecular complexity index is 810. The Morgan fingerprint density at radius 2 is 1.71 bits per heavy atom. The van der Waals surface area contributed by atoms with Crippen LogP contribution in [0.1, 0.15) is 65.2 Å². The molecule has 0 aromatic heterocycles. The topological polar surface area (TPSA) is 125 Å². The maximum atomic E-state index is 12.3. The monoisotopic (exact) mass is 499 g/mol. The highest BCUT2D eigenvalue weighted by Crippen LogP contribution is 2.48. The van der Waals surface area contributed by atoms with E-state index in [-0.39, 0.29) is 11.2 Å². The molecule has 0 bridgehead atoms. The van der Waals surface area contributed by atoms with Gasteiger partial charge in [-0.2, -0.15) is 0 Å². The minimum atomic E-state index is -2.77. The van der Waals surface area contributed by atoms with Gasteiger partial charge in [0, 0.05) is 38.0 Å². The first-order chi connectivity index (χ1) is 16.1. The predicted molar refractivity (Wildman–Crippen MR) is 126 cm³/mol. The molecule has 1 heterocycles. The number of ether oxygens (including phenoxy) is 3. The number of epoxide rings is 1. The van der Waals surface area contributed by atoms with Gasteiger partial charge in [0.2, 0.25) is 6.29 Å². The lowest BCUT2D eigenvalue weighted by atomic mass is 9.82. The lowest BCUT2D eigenvalue weighted by Gasteiger charge is -2.28. The summed E-state index contributed by atoms with van der Waals surface area (Å²) >= 11 is 0. The second kappa shape index (κ2) is 12.5. The fourth-order valence-corrected chi connectivity index (χ4v) is 6.32. The molecule has 2 rings (SSSR count). The number of rotatable bonds is 13. The molecule has 1 amide bonds. The Hall–Kier alpha value is -2.18. The van der Waals surface area contributed by atoms with Gasteiger partial charge < -0.3 is 37.9 Å². The van der Waals surface area contributed by atoms with Crippen molar-refractivity contribution in [3.63, 3.8) is 0 Å². The number of hydrogen-bond acceptors (Lipinski definition) is 8. The van der Waals surface area contributed by atoms with Crippen LogP contribution in [-0.2, 0) is 28.2 Å². The van der Waals surface area contributed by atoms with Gasteiger partial charge in [-0.3, -0.25) is 0 Å². The van der Waals surface area contributed by atoms with E-state index in [2.05, 4.69) is 5.32 Å². The molecule has 1 fully saturated rings. The van der Waals surface area contributed by atoms with Crippen molar-refractivity contribution in [2.45, 2.75) is 71.8 Å². The molecule has 0 aliphatic carbocycles. The lowest BCUT2D eigenvalue weighted by molar-refractivity contribution is 0.0701. The summed E-state index contributed by atoms with van der Waals surface area (Å²) in [6.45, 7) is 13.5. The lowest BCUT2D eigenvalue weighted by Crippen LogP contribution is -2.46. The highest BCUT2D eigenvalue weighted by atomic mass is 28.4. The summed E-state index contributed by atoms with van der Waals surface area (Å²) in [5.74, 6) is 0.167. The van der Waals surface area contributed by atoms with E-state index in [4.69, 9.17) is 32.6 Å². The Kier molecular flexibility index (Phi) is 10.3. The molecule has 34 heavy (non-hydrogen) atoms. The van der Waals surface area contributed by atoms with E-state index in [1.165, 1.54) is 0 Å². The maximum absolute atomic E-state index is 12.3. The first kappa shape index (κ1) is 28.1. The van der Waals surface area contributed by atoms with Gasteiger partial charge >= 0.3 is 21.1 Å². The summed E-state index contributed by atoms with van der Waals surface area (Å²) in [6.07, 6.45) is -2.89. The number of carbonyl (C=O) groups is 2. The summed E-state index contributed by atoms with van der Waals surface area (Å²) in [5.41, 5.74) is 1.12. The van der Waals surface area contributed by atoms with Crippen LogP contribution in [0.25, 0.3) is 0 Å². The molecule has 1 aliphatic heterocycles. The zero-order valence-electron chi connectivity index (χ0n) is 20.8. The van der Waals surface area contributed by atoms with Crippen LogP contribution in [-0.4, -0.2) is 58.8 Å². The largest absolute Gasteiger partial charge is 0.511 e. The summed E-state index contributed by atoms with van der Waals surface area (Å²) in [4.78, 5) is 23.4. The predicted octanol–water partition coefficient (Wildman–Crippen LogP) is 4.60. The smallest absolute Gasteiger partial charge is 0.449 e. The molecule has 1 saturated heterocycles. The van der Waals surface area contributed by atoms with Crippen molar-refractivity contribution >= 4 is 21.1 Å². The number of hydrogen-bond donors (Lipinski definition) is 2. The van der Waals surface area contributed by atoms with Crippen LogP contribution >= 0.6 is 0 Å². The average molecular weight is 500 g/mol. The molecule has 192 valence electrons. The standard InChI is InChI=1S/C23H37NO9Si/c1-7-28-34(29-8-2,30-9-3)15-11-14-24-21(25)33-20-19(32-20)18-16(23(4,5)6)12-10-13-17(18)31-22(26)27/h10,12-13,19-20H,7-9,11,14-15H2,1-6H3,(H,24,25)(H,26,27). The van der Waals surface area contributed by atoms with E-state index < -0.39 is 33.4 Å². The summed E-state index contributed by atoms with van der Waals surface area (Å²) in [5, 5.41) is 11.8. The second-order valence-corrected chi connectivity index (χ2v) is 11.4. The molecule has 0 radical (unpaired) electrons. The van der Waals surface area contributed by atoms with Crippen LogP contribution in [0, 0.1) is 0 Å². The Morgan fingerprint density at radius 1 is 1.09 bits per heavy atom. The fraction of sp³-hybridized carbons (Fsp3) is 0.652. The van der Waals surface area contributed by atoms with Crippen LogP contribution in [0.3, 0.4) is 0 Å². The van der Waals surface area contributed by atoms with E-state index in [9.17, 15) is 9.59 Å². The zero-order chi connectivity index (χ0) is 25.4. The van der Waals surface area contributed by atoms with Crippen molar-refractivity contribution in [2.75, 3.05) is 26.4 Å². The SMILES string of the molecule is CCO[Si](CCCNC(=O)OC1OC1c1c(OC(=O)O)cccc1C(C)(C)C)(OCC)OCC. The normalized spacial score (nSPS) is 17.8. The van der Waals surface area contributed by atoms with Gasteiger partial charge in [0.1, 0.15) is 5.75 Å². The third-order valence-corrected chi connectivity index (χ3v) is 8.20. The molecule has 11 heteroatoms. The van der Waals surface area contributed by atoms with E-state index in [1.807, 2.05) is 47.6 Å². The molecule has 1 aliphatic rings. The molecule has 1 aromatic rings. The molecule has 0 spiro atoms. The van der Waals surface area contributed by atoms with Crippen LogP contribution in [0.4, 0.5) is 9.59 Å². The number of alkyl carbamates (subject to hydrolysis) is 1. The van der Waals surface area contributed by atoms with Crippen LogP contribution < -0.4 is 10.1 Å². The summed E-state index contributed by atoms with van der Waals surface area (Å²) in [7, 11) is -2.77. The third kappa shape index (κ3) is 7.95. The highest BCUT2D eigenvalue weighted by Gasteiger charge is 2.48. The first-order valence-corrected chi connectivity index (χ1v) is 13.6. The molecular formula is C23H37NO9Si. The Balaban J connectivity index is 1.94. The zero-order valence-corrected chi connectivity index (χ0v) is 21.8. The van der Waals surface area contributed by atoms with E-state index in [0.717, 1.165) is 5.56 Å². The molecule has 10 nitrogen and oxygen atoms in total. The minimum absolute atomic E-state index is 0.167. The fourth-order valence-electron chi connectivity index (χ4n) is 3.71. The summed E-state index contributed by atoms with van der Waals surface area (Å²) in [6, 6.07) is 5.74. The van der Waals surface area contributed by atoms with Crippen LogP contribution in [0.15, 0.2) is 18.2 Å². The van der Waals surface area contributed by atoms with Gasteiger partial charge in [-0.05, 0) is 44.2 Å². The molecule has 2 N–H and O–H groups in total. The van der Waals surface area contributed by atoms with Crippen LogP contribution in [0.5, 0.6) is 5.75 Å². The van der Waals surface area contributed by atoms with Gasteiger partial charge in [0.15, 0.2) is 6.10 Å². The van der Waals surface area contributed by atoms with E-state index in [1.54, 1.807) is 12.1 Å². The Morgan fingerprint density at radius 3 is 2.24 bits per heavy atom. The molecular weight excluding hydrogens is 462 g/mol. The third-order valence-electron chi connectivity index (χ3n) is 5.05. The van der Waals surface area contributed by atoms with Crippen molar-refractivity contribution in [1.82, 2.24) is 5.32 Å². The van der Waals surface area contributed by atoms with Gasteiger partial charge in [0.25, 0.3) is 0 Å². The van der Waals surface area contributed by atoms with E-state index in [0.29, 0.717) is 44.4 Å². The average Bonchev–Trinajstić information content (AvgIpc) is 3.49. The number of amides is 1. The first-order valence-electron chi connectivity index (χ1n) is 11.6. The number of benzene rings is 1.